The van der Waals surface area contributed by atoms with Crippen LogP contribution >= 0.6 is 0 Å². The van der Waals surface area contributed by atoms with Crippen LogP contribution in [0.5, 0.6) is 0 Å². The Morgan fingerprint density at radius 3 is 2.41 bits per heavy atom. The van der Waals surface area contributed by atoms with Gasteiger partial charge in [-0.05, 0) is 85.2 Å². The molecule has 0 atom stereocenters. The second-order valence-electron chi connectivity index (χ2n) is 10.9. The SMILES string of the molecule is C=C(Cc1cc(CC(=O)c2ccc(CN3CCN(C)CC3)cc2)ccc1C)/C(C)=C(\C=C/C)C1=CCCN=C1. The lowest BCUT2D eigenvalue weighted by Crippen LogP contribution is -2.43. The van der Waals surface area contributed by atoms with Gasteiger partial charge < -0.3 is 4.90 Å². The zero-order valence-corrected chi connectivity index (χ0v) is 24.2. The van der Waals surface area contributed by atoms with Gasteiger partial charge in [0, 0.05) is 57.5 Å². The Labute approximate surface area is 235 Å². The van der Waals surface area contributed by atoms with Crippen molar-refractivity contribution in [2.24, 2.45) is 4.99 Å². The topological polar surface area (TPSA) is 35.9 Å². The van der Waals surface area contributed by atoms with Gasteiger partial charge in [0.05, 0.1) is 0 Å². The van der Waals surface area contributed by atoms with Gasteiger partial charge in [-0.2, -0.15) is 0 Å². The number of dihydropyridines is 1. The summed E-state index contributed by atoms with van der Waals surface area (Å²) in [5.74, 6) is 0.157. The summed E-state index contributed by atoms with van der Waals surface area (Å²) in [6.45, 7) is 17.0. The number of likely N-dealkylation sites (N-methyl/N-ethyl adjacent to an activating group) is 1. The Hall–Kier alpha value is -3.34. The van der Waals surface area contributed by atoms with Crippen LogP contribution in [0.2, 0.25) is 0 Å². The molecule has 2 heterocycles. The fourth-order valence-corrected chi connectivity index (χ4v) is 5.22. The van der Waals surface area contributed by atoms with Gasteiger partial charge in [-0.1, -0.05) is 67.3 Å². The summed E-state index contributed by atoms with van der Waals surface area (Å²) >= 11 is 0. The van der Waals surface area contributed by atoms with Crippen LogP contribution < -0.4 is 0 Å². The summed E-state index contributed by atoms with van der Waals surface area (Å²) in [6.07, 6.45) is 10.6. The van der Waals surface area contributed by atoms with Gasteiger partial charge in [-0.25, -0.2) is 0 Å². The van der Waals surface area contributed by atoms with Crippen molar-refractivity contribution >= 4 is 12.0 Å². The van der Waals surface area contributed by atoms with Gasteiger partial charge in [-0.15, -0.1) is 0 Å². The van der Waals surface area contributed by atoms with Crippen molar-refractivity contribution < 1.29 is 4.79 Å². The molecule has 0 N–H and O–H groups in total. The zero-order chi connectivity index (χ0) is 27.8. The van der Waals surface area contributed by atoms with Crippen LogP contribution in [0.3, 0.4) is 0 Å². The summed E-state index contributed by atoms with van der Waals surface area (Å²) in [7, 11) is 2.18. The number of benzene rings is 2. The van der Waals surface area contributed by atoms with Crippen LogP contribution in [0, 0.1) is 6.92 Å². The third kappa shape index (κ3) is 7.84. The molecule has 204 valence electrons. The average molecular weight is 522 g/mol. The van der Waals surface area contributed by atoms with Crippen molar-refractivity contribution in [1.29, 1.82) is 0 Å². The number of hydrogen-bond donors (Lipinski definition) is 0. The van der Waals surface area contributed by atoms with E-state index in [0.29, 0.717) is 6.42 Å². The number of aliphatic imine (C=N–C) groups is 1. The van der Waals surface area contributed by atoms with Crippen LogP contribution in [-0.2, 0) is 19.4 Å². The Bertz CT molecular complexity index is 1300. The molecule has 4 rings (SSSR count). The molecule has 2 aromatic carbocycles. The fourth-order valence-electron chi connectivity index (χ4n) is 5.22. The Balaban J connectivity index is 1.42. The highest BCUT2D eigenvalue weighted by molar-refractivity contribution is 5.97. The molecule has 0 aromatic heterocycles. The van der Waals surface area contributed by atoms with Gasteiger partial charge in [0.15, 0.2) is 5.78 Å². The molecular weight excluding hydrogens is 478 g/mol. The number of rotatable bonds is 10. The van der Waals surface area contributed by atoms with Gasteiger partial charge in [0.2, 0.25) is 0 Å². The van der Waals surface area contributed by atoms with Gasteiger partial charge in [0.1, 0.15) is 0 Å². The third-order valence-electron chi connectivity index (χ3n) is 7.89. The molecule has 0 amide bonds. The summed E-state index contributed by atoms with van der Waals surface area (Å²) in [6, 6.07) is 14.6. The van der Waals surface area contributed by atoms with Crippen LogP contribution in [0.25, 0.3) is 0 Å². The van der Waals surface area contributed by atoms with Crippen molar-refractivity contribution in [1.82, 2.24) is 9.80 Å². The maximum Gasteiger partial charge on any atom is 0.167 e. The maximum atomic E-state index is 13.1. The number of aryl methyl sites for hydroxylation is 1. The van der Waals surface area contributed by atoms with Crippen LogP contribution in [-0.4, -0.2) is 61.6 Å². The Morgan fingerprint density at radius 1 is 1.03 bits per heavy atom. The summed E-state index contributed by atoms with van der Waals surface area (Å²) < 4.78 is 0. The van der Waals surface area contributed by atoms with Crippen molar-refractivity contribution in [2.75, 3.05) is 39.8 Å². The second kappa shape index (κ2) is 13.6. The van der Waals surface area contributed by atoms with E-state index in [2.05, 4.69) is 90.8 Å². The molecule has 0 aliphatic carbocycles. The summed E-state index contributed by atoms with van der Waals surface area (Å²) in [5.41, 5.74) is 10.2. The maximum absolute atomic E-state index is 13.1. The minimum absolute atomic E-state index is 0.157. The lowest BCUT2D eigenvalue weighted by Gasteiger charge is -2.32. The molecular formula is C35H43N3O. The number of piperazine rings is 1. The molecule has 1 saturated heterocycles. The van der Waals surface area contributed by atoms with E-state index in [1.165, 1.54) is 33.4 Å². The first kappa shape index (κ1) is 28.7. The first-order chi connectivity index (χ1) is 18.8. The van der Waals surface area contributed by atoms with Gasteiger partial charge in [0.25, 0.3) is 0 Å². The number of carbonyl (C=O) groups is 1. The largest absolute Gasteiger partial charge is 0.304 e. The molecule has 0 bridgehead atoms. The standard InChI is InChI=1S/C35H43N3O/c1-6-8-34(32-9-7-16-36-24-32)28(4)27(3)21-33-22-30(11-10-26(33)2)23-35(39)31-14-12-29(13-15-31)25-38-19-17-37(5)18-20-38/h6,8-15,22,24H,3,7,16-21,23,25H2,1-2,4-5H3/b8-6-,34-28+. The van der Waals surface area contributed by atoms with E-state index in [4.69, 9.17) is 0 Å². The van der Waals surface area contributed by atoms with Crippen LogP contribution in [0.1, 0.15) is 52.9 Å². The number of ketones is 1. The molecule has 4 heteroatoms. The van der Waals surface area contributed by atoms with E-state index in [-0.39, 0.29) is 5.78 Å². The molecule has 2 aliphatic heterocycles. The molecule has 2 aromatic rings. The smallest absolute Gasteiger partial charge is 0.167 e. The number of nitrogens with zero attached hydrogens (tertiary/aromatic N) is 3. The van der Waals surface area contributed by atoms with Crippen molar-refractivity contribution in [3.63, 3.8) is 0 Å². The lowest BCUT2D eigenvalue weighted by molar-refractivity contribution is 0.0993. The molecule has 4 nitrogen and oxygen atoms in total. The van der Waals surface area contributed by atoms with Crippen molar-refractivity contribution in [2.45, 2.75) is 46.6 Å². The summed E-state index contributed by atoms with van der Waals surface area (Å²) in [4.78, 5) is 22.5. The first-order valence-electron chi connectivity index (χ1n) is 14.2. The molecule has 2 aliphatic rings. The molecule has 0 unspecified atom stereocenters. The van der Waals surface area contributed by atoms with Crippen LogP contribution in [0.15, 0.2) is 94.6 Å². The van der Waals surface area contributed by atoms with E-state index in [1.54, 1.807) is 0 Å². The Kier molecular flexibility index (Phi) is 10.0. The zero-order valence-electron chi connectivity index (χ0n) is 24.2. The third-order valence-corrected chi connectivity index (χ3v) is 7.89. The van der Waals surface area contributed by atoms with E-state index in [0.717, 1.165) is 68.8 Å². The minimum Gasteiger partial charge on any atom is -0.304 e. The highest BCUT2D eigenvalue weighted by Gasteiger charge is 2.15. The Morgan fingerprint density at radius 2 is 1.74 bits per heavy atom. The van der Waals surface area contributed by atoms with Gasteiger partial charge in [-0.3, -0.25) is 14.7 Å². The quantitative estimate of drug-likeness (QED) is 0.262. The summed E-state index contributed by atoms with van der Waals surface area (Å²) in [5, 5.41) is 0. The molecule has 1 fully saturated rings. The monoisotopic (exact) mass is 521 g/mol. The van der Waals surface area contributed by atoms with Crippen LogP contribution in [0.4, 0.5) is 0 Å². The van der Waals surface area contributed by atoms with E-state index < -0.39 is 0 Å². The second-order valence-corrected chi connectivity index (χ2v) is 10.9. The first-order valence-corrected chi connectivity index (χ1v) is 14.2. The molecule has 0 radical (unpaired) electrons. The minimum atomic E-state index is 0.157. The molecule has 0 saturated carbocycles. The number of carbonyl (C=O) groups excluding carboxylic acids is 1. The number of hydrogen-bond acceptors (Lipinski definition) is 4. The van der Waals surface area contributed by atoms with E-state index >= 15 is 0 Å². The van der Waals surface area contributed by atoms with E-state index in [1.807, 2.05) is 25.3 Å². The number of allylic oxidation sites excluding steroid dienone is 6. The normalized spacial score (nSPS) is 17.3. The van der Waals surface area contributed by atoms with Gasteiger partial charge >= 0.3 is 0 Å². The van der Waals surface area contributed by atoms with Crippen molar-refractivity contribution in [3.8, 4) is 0 Å². The predicted octanol–water partition coefficient (Wildman–Crippen LogP) is 6.56. The fraction of sp³-hybridized carbons (Fsp3) is 0.371. The average Bonchev–Trinajstić information content (AvgIpc) is 2.95. The highest BCUT2D eigenvalue weighted by atomic mass is 16.1. The van der Waals surface area contributed by atoms with Crippen molar-refractivity contribution in [3.05, 3.63) is 117 Å². The molecule has 39 heavy (non-hydrogen) atoms. The highest BCUT2D eigenvalue weighted by Crippen LogP contribution is 2.26. The molecule has 0 spiro atoms. The van der Waals surface area contributed by atoms with E-state index in [9.17, 15) is 4.79 Å². The predicted molar refractivity (Wildman–Crippen MR) is 165 cm³/mol. The number of Topliss-reactive ketones (excluding diaryl/α,β-unsaturated/α-hetero) is 1. The lowest BCUT2D eigenvalue weighted by atomic mass is 9.89.